The minimum Gasteiger partial charge on any atom is -0.507 e. The fourth-order valence-electron chi connectivity index (χ4n) is 4.13. The lowest BCUT2D eigenvalue weighted by Crippen LogP contribution is -2.13. The van der Waals surface area contributed by atoms with Crippen LogP contribution in [-0.4, -0.2) is 24.8 Å². The fourth-order valence-corrected chi connectivity index (χ4v) is 4.70. The summed E-state index contributed by atoms with van der Waals surface area (Å²) in [7, 11) is -3.32. The minimum absolute atomic E-state index is 0.132. The Kier molecular flexibility index (Phi) is 5.41. The van der Waals surface area contributed by atoms with Crippen molar-refractivity contribution in [1.82, 2.24) is 4.98 Å². The van der Waals surface area contributed by atoms with Gasteiger partial charge in [-0.3, -0.25) is 9.52 Å². The number of nitrogens with one attached hydrogen (secondary N) is 2. The summed E-state index contributed by atoms with van der Waals surface area (Å²) in [6.07, 6.45) is 3.58. The summed E-state index contributed by atoms with van der Waals surface area (Å²) >= 11 is 0. The number of sulfonamides is 1. The first kappa shape index (κ1) is 22.1. The van der Waals surface area contributed by atoms with Gasteiger partial charge >= 0.3 is 0 Å². The van der Waals surface area contributed by atoms with Crippen LogP contribution in [0.4, 0.5) is 5.69 Å². The van der Waals surface area contributed by atoms with Gasteiger partial charge in [-0.2, -0.15) is 0 Å². The first-order valence-corrected chi connectivity index (χ1v) is 12.5. The Morgan fingerprint density at radius 2 is 1.72 bits per heavy atom. The normalized spacial score (nSPS) is 18.4. The third-order valence-electron chi connectivity index (χ3n) is 5.95. The number of rotatable bonds is 5. The van der Waals surface area contributed by atoms with E-state index in [0.717, 1.165) is 29.4 Å². The summed E-state index contributed by atoms with van der Waals surface area (Å²) < 4.78 is 25.3. The zero-order valence-electron chi connectivity index (χ0n) is 18.6. The second-order valence-electron chi connectivity index (χ2n) is 9.57. The molecule has 1 aliphatic rings. The molecule has 6 nitrogen and oxygen atoms in total. The largest absolute Gasteiger partial charge is 0.507 e. The van der Waals surface area contributed by atoms with Gasteiger partial charge in [0, 0.05) is 17.4 Å². The smallest absolute Gasteiger partial charge is 0.255 e. The lowest BCUT2D eigenvalue weighted by atomic mass is 9.83. The Morgan fingerprint density at radius 3 is 2.31 bits per heavy atom. The van der Waals surface area contributed by atoms with Gasteiger partial charge in [0.1, 0.15) is 5.75 Å². The Hall–Kier alpha value is -3.06. The van der Waals surface area contributed by atoms with Gasteiger partial charge in [-0.1, -0.05) is 39.0 Å². The third-order valence-corrected chi connectivity index (χ3v) is 6.55. The number of aromatic hydroxyl groups is 1. The molecule has 1 aromatic heterocycles. The molecule has 168 valence electrons. The van der Waals surface area contributed by atoms with E-state index in [4.69, 9.17) is 0 Å². The maximum Gasteiger partial charge on any atom is 0.255 e. The van der Waals surface area contributed by atoms with Gasteiger partial charge in [0.15, 0.2) is 0 Å². The van der Waals surface area contributed by atoms with Crippen molar-refractivity contribution < 1.29 is 13.5 Å². The highest BCUT2D eigenvalue weighted by molar-refractivity contribution is 7.92. The van der Waals surface area contributed by atoms with Crippen LogP contribution < -0.4 is 10.3 Å². The summed E-state index contributed by atoms with van der Waals surface area (Å²) in [5.74, 6) is 0.510. The highest BCUT2D eigenvalue weighted by Gasteiger charge is 2.42. The lowest BCUT2D eigenvalue weighted by Gasteiger charge is -2.22. The Morgan fingerprint density at radius 1 is 1.03 bits per heavy atom. The molecule has 0 bridgehead atoms. The first-order valence-electron chi connectivity index (χ1n) is 10.6. The summed E-state index contributed by atoms with van der Waals surface area (Å²) in [5.41, 5.74) is 4.13. The van der Waals surface area contributed by atoms with Crippen LogP contribution >= 0.6 is 0 Å². The Labute approximate surface area is 188 Å². The van der Waals surface area contributed by atoms with Gasteiger partial charge in [-0.05, 0) is 70.7 Å². The number of pyridine rings is 1. The van der Waals surface area contributed by atoms with E-state index >= 15 is 0 Å². The highest BCUT2D eigenvalue weighted by atomic mass is 32.2. The second kappa shape index (κ2) is 7.81. The molecule has 1 fully saturated rings. The molecular weight excluding hydrogens is 424 g/mol. The number of aromatic nitrogens is 1. The molecule has 3 aromatic rings. The third kappa shape index (κ3) is 4.58. The molecule has 1 aliphatic carbocycles. The van der Waals surface area contributed by atoms with E-state index in [2.05, 4.69) is 36.5 Å². The van der Waals surface area contributed by atoms with Crippen molar-refractivity contribution in [1.29, 1.82) is 0 Å². The van der Waals surface area contributed by atoms with Crippen molar-refractivity contribution in [3.05, 3.63) is 81.8 Å². The molecule has 4 rings (SSSR count). The van der Waals surface area contributed by atoms with E-state index in [0.29, 0.717) is 16.8 Å². The van der Waals surface area contributed by atoms with Crippen molar-refractivity contribution in [3.63, 3.8) is 0 Å². The van der Waals surface area contributed by atoms with Crippen molar-refractivity contribution in [2.45, 2.75) is 44.4 Å². The van der Waals surface area contributed by atoms with Gasteiger partial charge < -0.3 is 10.1 Å². The molecule has 1 saturated carbocycles. The quantitative estimate of drug-likeness (QED) is 0.523. The van der Waals surface area contributed by atoms with Crippen LogP contribution in [0, 0.1) is 0 Å². The zero-order chi connectivity index (χ0) is 23.3. The van der Waals surface area contributed by atoms with Crippen molar-refractivity contribution in [2.24, 2.45) is 0 Å². The van der Waals surface area contributed by atoms with Crippen LogP contribution in [0.25, 0.3) is 11.1 Å². The van der Waals surface area contributed by atoms with Crippen LogP contribution in [0.2, 0.25) is 0 Å². The minimum atomic E-state index is -3.32. The van der Waals surface area contributed by atoms with E-state index < -0.39 is 10.0 Å². The van der Waals surface area contributed by atoms with E-state index in [1.165, 1.54) is 0 Å². The van der Waals surface area contributed by atoms with Gasteiger partial charge in [0.25, 0.3) is 5.56 Å². The molecule has 3 N–H and O–H groups in total. The molecule has 2 unspecified atom stereocenters. The number of benzene rings is 2. The van der Waals surface area contributed by atoms with E-state index in [-0.39, 0.29) is 28.6 Å². The predicted octanol–water partition coefficient (Wildman–Crippen LogP) is 4.69. The van der Waals surface area contributed by atoms with E-state index in [9.17, 15) is 18.3 Å². The summed E-state index contributed by atoms with van der Waals surface area (Å²) in [4.78, 5) is 15.1. The van der Waals surface area contributed by atoms with Crippen molar-refractivity contribution in [3.8, 4) is 16.9 Å². The van der Waals surface area contributed by atoms with E-state index in [1.54, 1.807) is 30.5 Å². The topological polar surface area (TPSA) is 99.3 Å². The average molecular weight is 453 g/mol. The monoisotopic (exact) mass is 452 g/mol. The standard InChI is InChI=1S/C25H28N2O4S/c1-25(2,3)16-12-21(18-6-5-11-26-24(18)29)23(28)22(13-16)20-14-19(20)15-7-9-17(10-8-15)27-32(4,30)31/h5-13,19-20,27-28H,14H2,1-4H3,(H,26,29). The Balaban J connectivity index is 1.71. The maximum absolute atomic E-state index is 12.4. The van der Waals surface area contributed by atoms with Gasteiger partial charge in [0.2, 0.25) is 10.0 Å². The van der Waals surface area contributed by atoms with Crippen LogP contribution in [0.15, 0.2) is 59.5 Å². The van der Waals surface area contributed by atoms with Gasteiger partial charge in [0.05, 0.1) is 11.8 Å². The SMILES string of the molecule is CC(C)(C)c1cc(-c2ccc[nH]c2=O)c(O)c(C2CC2c2ccc(NS(C)(=O)=O)cc2)c1. The van der Waals surface area contributed by atoms with Crippen LogP contribution in [-0.2, 0) is 15.4 Å². The molecule has 0 aliphatic heterocycles. The number of hydrogen-bond acceptors (Lipinski definition) is 4. The first-order chi connectivity index (χ1) is 14.9. The van der Waals surface area contributed by atoms with Crippen LogP contribution in [0.1, 0.15) is 55.7 Å². The summed E-state index contributed by atoms with van der Waals surface area (Å²) in [6, 6.07) is 14.8. The molecular formula is C25H28N2O4S. The summed E-state index contributed by atoms with van der Waals surface area (Å²) in [6.45, 7) is 6.33. The molecule has 0 amide bonds. The molecule has 32 heavy (non-hydrogen) atoms. The number of phenolic OH excluding ortho intramolecular Hbond substituents is 1. The molecule has 2 aromatic carbocycles. The van der Waals surface area contributed by atoms with Crippen LogP contribution in [0.3, 0.4) is 0 Å². The molecule has 7 heteroatoms. The molecule has 2 atom stereocenters. The molecule has 1 heterocycles. The van der Waals surface area contributed by atoms with E-state index in [1.807, 2.05) is 18.2 Å². The molecule has 0 radical (unpaired) electrons. The fraction of sp³-hybridized carbons (Fsp3) is 0.320. The van der Waals surface area contributed by atoms with Crippen molar-refractivity contribution in [2.75, 3.05) is 11.0 Å². The number of hydrogen-bond donors (Lipinski definition) is 3. The highest BCUT2D eigenvalue weighted by Crippen LogP contribution is 2.58. The van der Waals surface area contributed by atoms with Crippen LogP contribution in [0.5, 0.6) is 5.75 Å². The number of phenols is 1. The summed E-state index contributed by atoms with van der Waals surface area (Å²) in [5, 5.41) is 11.2. The predicted molar refractivity (Wildman–Crippen MR) is 128 cm³/mol. The van der Waals surface area contributed by atoms with Gasteiger partial charge in [-0.15, -0.1) is 0 Å². The number of aromatic amines is 1. The number of anilines is 1. The molecule has 0 spiro atoms. The maximum atomic E-state index is 12.4. The second-order valence-corrected chi connectivity index (χ2v) is 11.3. The zero-order valence-corrected chi connectivity index (χ0v) is 19.5. The number of H-pyrrole nitrogens is 1. The molecule has 0 saturated heterocycles. The van der Waals surface area contributed by atoms with Gasteiger partial charge in [-0.25, -0.2) is 8.42 Å². The van der Waals surface area contributed by atoms with Crippen molar-refractivity contribution >= 4 is 15.7 Å². The Bertz CT molecular complexity index is 1320. The average Bonchev–Trinajstić information content (AvgIpc) is 3.48. The lowest BCUT2D eigenvalue weighted by molar-refractivity contribution is 0.468.